The number of fused-ring (bicyclic) bond motifs is 1. The average molecular weight is 578 g/mol. The molecule has 6 rings (SSSR count). The van der Waals surface area contributed by atoms with Gasteiger partial charge in [-0.05, 0) is 85.2 Å². The third-order valence-corrected chi connectivity index (χ3v) is 8.35. The SMILES string of the molecule is CCCC1CCN(c2cnc(-c3cc(C)cc(C(=O)N[C@@H](c4cc5ccccc5[nH]4)c4cc(F)ccc4O)c3)nc2)CC1. The predicted octanol–water partition coefficient (Wildman–Crippen LogP) is 7.31. The maximum atomic E-state index is 14.3. The minimum absolute atomic E-state index is 0.113. The highest BCUT2D eigenvalue weighted by atomic mass is 19.1. The number of phenolic OH excluding ortho intramolecular Hbond substituents is 1. The summed E-state index contributed by atoms with van der Waals surface area (Å²) in [4.78, 5) is 28.7. The number of aromatic amines is 1. The fourth-order valence-electron chi connectivity index (χ4n) is 6.11. The summed E-state index contributed by atoms with van der Waals surface area (Å²) < 4.78 is 14.3. The highest BCUT2D eigenvalue weighted by molar-refractivity contribution is 5.96. The molecule has 0 bridgehead atoms. The molecule has 5 aromatic rings. The first-order valence-electron chi connectivity index (χ1n) is 14.9. The molecule has 1 aliphatic heterocycles. The van der Waals surface area contributed by atoms with E-state index in [1.165, 1.54) is 43.9 Å². The zero-order valence-electron chi connectivity index (χ0n) is 24.5. The van der Waals surface area contributed by atoms with Crippen LogP contribution in [0, 0.1) is 18.7 Å². The lowest BCUT2D eigenvalue weighted by atomic mass is 9.92. The van der Waals surface area contributed by atoms with Gasteiger partial charge in [0.25, 0.3) is 5.91 Å². The van der Waals surface area contributed by atoms with Crippen LogP contribution in [-0.2, 0) is 0 Å². The molecule has 3 heterocycles. The van der Waals surface area contributed by atoms with Gasteiger partial charge in [-0.2, -0.15) is 0 Å². The van der Waals surface area contributed by atoms with Crippen LogP contribution in [0.3, 0.4) is 0 Å². The lowest BCUT2D eigenvalue weighted by Gasteiger charge is -2.33. The molecule has 3 N–H and O–H groups in total. The summed E-state index contributed by atoms with van der Waals surface area (Å²) in [6.07, 6.45) is 8.64. The fraction of sp³-hybridized carbons (Fsp3) is 0.286. The minimum Gasteiger partial charge on any atom is -0.508 e. The second-order valence-electron chi connectivity index (χ2n) is 11.5. The Labute approximate surface area is 250 Å². The van der Waals surface area contributed by atoms with Crippen molar-refractivity contribution in [3.63, 3.8) is 0 Å². The molecule has 220 valence electrons. The van der Waals surface area contributed by atoms with E-state index >= 15 is 0 Å². The summed E-state index contributed by atoms with van der Waals surface area (Å²) in [5, 5.41) is 14.6. The van der Waals surface area contributed by atoms with Crippen LogP contribution in [0.15, 0.2) is 79.1 Å². The molecule has 1 fully saturated rings. The van der Waals surface area contributed by atoms with Crippen molar-refractivity contribution in [2.24, 2.45) is 5.92 Å². The van der Waals surface area contributed by atoms with Crippen LogP contribution in [0.4, 0.5) is 10.1 Å². The molecule has 1 amide bonds. The lowest BCUT2D eigenvalue weighted by Crippen LogP contribution is -2.33. The normalized spacial score (nSPS) is 14.6. The number of anilines is 1. The monoisotopic (exact) mass is 577 g/mol. The van der Waals surface area contributed by atoms with Crippen LogP contribution >= 0.6 is 0 Å². The molecule has 0 aliphatic carbocycles. The first-order valence-corrected chi connectivity index (χ1v) is 14.9. The molecular formula is C35H36FN5O2. The van der Waals surface area contributed by atoms with E-state index in [-0.39, 0.29) is 17.2 Å². The highest BCUT2D eigenvalue weighted by Crippen LogP contribution is 2.32. The lowest BCUT2D eigenvalue weighted by molar-refractivity contribution is 0.0942. The van der Waals surface area contributed by atoms with Crippen molar-refractivity contribution in [2.75, 3.05) is 18.0 Å². The van der Waals surface area contributed by atoms with Crippen LogP contribution in [-0.4, -0.2) is 39.1 Å². The van der Waals surface area contributed by atoms with Gasteiger partial charge in [0.05, 0.1) is 24.1 Å². The zero-order chi connectivity index (χ0) is 29.9. The quantitative estimate of drug-likeness (QED) is 0.180. The molecule has 3 aromatic carbocycles. The number of hydrogen-bond donors (Lipinski definition) is 3. The number of rotatable bonds is 8. The van der Waals surface area contributed by atoms with E-state index in [1.807, 2.05) is 55.7 Å². The number of aromatic hydroxyl groups is 1. The van der Waals surface area contributed by atoms with Crippen molar-refractivity contribution in [1.82, 2.24) is 20.3 Å². The Kier molecular flexibility index (Phi) is 8.09. The smallest absolute Gasteiger partial charge is 0.252 e. The van der Waals surface area contributed by atoms with Crippen molar-refractivity contribution in [3.8, 4) is 17.1 Å². The largest absolute Gasteiger partial charge is 0.508 e. The van der Waals surface area contributed by atoms with E-state index < -0.39 is 11.9 Å². The molecule has 0 radical (unpaired) electrons. The minimum atomic E-state index is -0.823. The van der Waals surface area contributed by atoms with Crippen molar-refractivity contribution in [3.05, 3.63) is 107 Å². The maximum absolute atomic E-state index is 14.3. The maximum Gasteiger partial charge on any atom is 0.252 e. The van der Waals surface area contributed by atoms with Gasteiger partial charge < -0.3 is 20.3 Å². The van der Waals surface area contributed by atoms with Crippen LogP contribution in [0.1, 0.15) is 65.8 Å². The van der Waals surface area contributed by atoms with Crippen molar-refractivity contribution in [1.29, 1.82) is 0 Å². The number of H-pyrrole nitrogens is 1. The molecule has 1 aliphatic rings. The third kappa shape index (κ3) is 6.23. The Morgan fingerprint density at radius 1 is 1.07 bits per heavy atom. The molecule has 0 spiro atoms. The Morgan fingerprint density at radius 3 is 2.58 bits per heavy atom. The Hall–Kier alpha value is -4.72. The molecule has 0 unspecified atom stereocenters. The van der Waals surface area contributed by atoms with E-state index in [4.69, 9.17) is 0 Å². The summed E-state index contributed by atoms with van der Waals surface area (Å²) in [7, 11) is 0. The number of nitrogens with one attached hydrogen (secondary N) is 2. The van der Waals surface area contributed by atoms with Crippen molar-refractivity contribution in [2.45, 2.75) is 45.6 Å². The molecule has 8 heteroatoms. The van der Waals surface area contributed by atoms with Crippen LogP contribution in [0.2, 0.25) is 0 Å². The number of benzene rings is 3. The van der Waals surface area contributed by atoms with E-state index in [0.29, 0.717) is 17.1 Å². The number of phenols is 1. The molecule has 2 aromatic heterocycles. The Morgan fingerprint density at radius 2 is 1.84 bits per heavy atom. The summed E-state index contributed by atoms with van der Waals surface area (Å²) in [6, 6.07) is 18.0. The molecule has 1 saturated heterocycles. The summed E-state index contributed by atoms with van der Waals surface area (Å²) >= 11 is 0. The molecule has 0 saturated carbocycles. The molecule has 43 heavy (non-hydrogen) atoms. The third-order valence-electron chi connectivity index (χ3n) is 8.35. The number of carbonyl (C=O) groups is 1. The predicted molar refractivity (Wildman–Crippen MR) is 168 cm³/mol. The average Bonchev–Trinajstić information content (AvgIpc) is 3.45. The number of aryl methyl sites for hydroxylation is 1. The number of hydrogen-bond acceptors (Lipinski definition) is 5. The van der Waals surface area contributed by atoms with Gasteiger partial charge in [0, 0.05) is 41.0 Å². The van der Waals surface area contributed by atoms with Gasteiger partial charge in [-0.25, -0.2) is 14.4 Å². The first-order chi connectivity index (χ1) is 20.9. The number of aromatic nitrogens is 3. The molecular weight excluding hydrogens is 541 g/mol. The summed E-state index contributed by atoms with van der Waals surface area (Å²) in [6.45, 7) is 6.19. The number of piperidine rings is 1. The summed E-state index contributed by atoms with van der Waals surface area (Å²) in [5.41, 5.74) is 4.79. The second-order valence-corrected chi connectivity index (χ2v) is 11.5. The number of nitrogens with zero attached hydrogens (tertiary/aromatic N) is 3. The van der Waals surface area contributed by atoms with Gasteiger partial charge in [0.15, 0.2) is 5.82 Å². The van der Waals surface area contributed by atoms with E-state index in [9.17, 15) is 14.3 Å². The standard InChI is InChI=1S/C35H36FN5O2/c1-3-6-23-11-13-41(14-12-23)28-20-37-34(38-21-28)25-15-22(2)16-26(17-25)35(43)40-33(29-19-27(36)9-10-32(29)42)31-18-24-7-4-5-8-30(24)39-31/h4-5,7-10,15-21,23,33,39,42H,3,6,11-14H2,1-2H3,(H,40,43)/t33-/m1/s1. The van der Waals surface area contributed by atoms with Crippen LogP contribution in [0.25, 0.3) is 22.3 Å². The van der Waals surface area contributed by atoms with Gasteiger partial charge >= 0.3 is 0 Å². The zero-order valence-corrected chi connectivity index (χ0v) is 24.5. The van der Waals surface area contributed by atoms with Crippen LogP contribution in [0.5, 0.6) is 5.75 Å². The van der Waals surface area contributed by atoms with Crippen molar-refractivity contribution < 1.29 is 14.3 Å². The second kappa shape index (κ2) is 12.3. The Balaban J connectivity index is 1.26. The van der Waals surface area contributed by atoms with Gasteiger partial charge in [0.2, 0.25) is 0 Å². The van der Waals surface area contributed by atoms with Crippen molar-refractivity contribution >= 4 is 22.5 Å². The van der Waals surface area contributed by atoms with E-state index in [0.717, 1.165) is 46.7 Å². The number of carbonyl (C=O) groups excluding carboxylic acids is 1. The van der Waals surface area contributed by atoms with E-state index in [2.05, 4.69) is 32.1 Å². The Bertz CT molecular complexity index is 1710. The first kappa shape index (κ1) is 28.4. The number of halogens is 1. The fourth-order valence-corrected chi connectivity index (χ4v) is 6.11. The molecule has 1 atom stereocenters. The number of para-hydroxylation sites is 1. The van der Waals surface area contributed by atoms with Gasteiger partial charge in [-0.1, -0.05) is 38.0 Å². The van der Waals surface area contributed by atoms with Gasteiger partial charge in [-0.3, -0.25) is 4.79 Å². The van der Waals surface area contributed by atoms with Gasteiger partial charge in [0.1, 0.15) is 11.6 Å². The van der Waals surface area contributed by atoms with Gasteiger partial charge in [-0.15, -0.1) is 0 Å². The number of amides is 1. The van der Waals surface area contributed by atoms with E-state index in [1.54, 1.807) is 12.1 Å². The van der Waals surface area contributed by atoms with Crippen LogP contribution < -0.4 is 10.2 Å². The summed E-state index contributed by atoms with van der Waals surface area (Å²) in [5.74, 6) is 0.352. The molecule has 7 nitrogen and oxygen atoms in total. The highest BCUT2D eigenvalue weighted by Gasteiger charge is 2.24. The topological polar surface area (TPSA) is 94.1 Å².